The van der Waals surface area contributed by atoms with E-state index in [-0.39, 0.29) is 29.9 Å². The van der Waals surface area contributed by atoms with Gasteiger partial charge in [-0.05, 0) is 39.3 Å². The molecule has 0 atom stereocenters. The molecular weight excluding hydrogens is 473 g/mol. The first kappa shape index (κ1) is 24.7. The number of carbonyl (C=O) groups excluding carboxylic acids is 1. The summed E-state index contributed by atoms with van der Waals surface area (Å²) in [7, 11) is 0. The van der Waals surface area contributed by atoms with E-state index in [1.807, 2.05) is 6.92 Å². The van der Waals surface area contributed by atoms with Crippen molar-refractivity contribution in [3.8, 4) is 0 Å². The van der Waals surface area contributed by atoms with Crippen LogP contribution in [0.2, 0.25) is 0 Å². The molecule has 8 nitrogen and oxygen atoms in total. The molecule has 1 aliphatic heterocycles. The second kappa shape index (κ2) is 14.6. The first-order chi connectivity index (χ1) is 13.2. The number of nitrogens with one attached hydrogen (secondary N) is 3. The number of halogens is 1. The summed E-state index contributed by atoms with van der Waals surface area (Å²) in [5.74, 6) is 1.04. The molecule has 0 unspecified atom stereocenters. The van der Waals surface area contributed by atoms with Crippen molar-refractivity contribution < 1.29 is 13.9 Å². The molecule has 3 N–H and O–H groups in total. The third-order valence-electron chi connectivity index (χ3n) is 4.35. The van der Waals surface area contributed by atoms with Gasteiger partial charge in [0.15, 0.2) is 11.7 Å². The van der Waals surface area contributed by atoms with Gasteiger partial charge in [-0.15, -0.1) is 24.0 Å². The second-order valence-corrected chi connectivity index (χ2v) is 6.54. The summed E-state index contributed by atoms with van der Waals surface area (Å²) < 4.78 is 10.5. The lowest BCUT2D eigenvalue weighted by Crippen LogP contribution is -2.40. The largest absolute Gasteiger partial charge is 0.459 e. The number of nitrogens with zero attached hydrogens (tertiary/aromatic N) is 2. The van der Waals surface area contributed by atoms with Crippen molar-refractivity contribution in [3.63, 3.8) is 0 Å². The summed E-state index contributed by atoms with van der Waals surface area (Å²) in [6, 6.07) is 1.78. The summed E-state index contributed by atoms with van der Waals surface area (Å²) >= 11 is 0. The van der Waals surface area contributed by atoms with Gasteiger partial charge in [-0.3, -0.25) is 14.7 Å². The molecule has 2 rings (SSSR count). The van der Waals surface area contributed by atoms with Crippen LogP contribution in [-0.2, 0) is 4.74 Å². The van der Waals surface area contributed by atoms with Crippen molar-refractivity contribution in [2.75, 3.05) is 59.0 Å². The predicted octanol–water partition coefficient (Wildman–Crippen LogP) is 1.60. The number of morpholine rings is 1. The second-order valence-electron chi connectivity index (χ2n) is 6.54. The van der Waals surface area contributed by atoms with E-state index in [9.17, 15) is 4.79 Å². The number of guanidine groups is 1. The van der Waals surface area contributed by atoms with Crippen LogP contribution in [0, 0.1) is 6.92 Å². The number of hydrogen-bond acceptors (Lipinski definition) is 5. The Hall–Kier alpha value is -1.33. The SMILES string of the molecule is CCNC(=NCCCNC(=O)c1occc1C)NCCCN1CCOCC1.I. The molecule has 160 valence electrons. The number of amides is 1. The summed E-state index contributed by atoms with van der Waals surface area (Å²) in [5.41, 5.74) is 0.848. The highest BCUT2D eigenvalue weighted by Crippen LogP contribution is 2.07. The van der Waals surface area contributed by atoms with E-state index in [2.05, 4.69) is 32.8 Å². The minimum Gasteiger partial charge on any atom is -0.459 e. The Balaban J connectivity index is 0.00000392. The third-order valence-corrected chi connectivity index (χ3v) is 4.35. The number of furan rings is 1. The van der Waals surface area contributed by atoms with Gasteiger partial charge in [0.25, 0.3) is 5.91 Å². The Morgan fingerprint density at radius 2 is 1.93 bits per heavy atom. The molecule has 0 radical (unpaired) electrons. The lowest BCUT2D eigenvalue weighted by molar-refractivity contribution is 0.0376. The molecular formula is C19H34IN5O3. The molecule has 1 saturated heterocycles. The van der Waals surface area contributed by atoms with Gasteiger partial charge in [-0.25, -0.2) is 0 Å². The smallest absolute Gasteiger partial charge is 0.287 e. The van der Waals surface area contributed by atoms with Crippen LogP contribution in [0.25, 0.3) is 0 Å². The fraction of sp³-hybridized carbons (Fsp3) is 0.684. The highest BCUT2D eigenvalue weighted by Gasteiger charge is 2.11. The fourth-order valence-electron chi connectivity index (χ4n) is 2.83. The summed E-state index contributed by atoms with van der Waals surface area (Å²) in [6.07, 6.45) is 3.38. The van der Waals surface area contributed by atoms with Crippen molar-refractivity contribution >= 4 is 35.8 Å². The van der Waals surface area contributed by atoms with Gasteiger partial charge in [0.2, 0.25) is 0 Å². The van der Waals surface area contributed by atoms with Crippen molar-refractivity contribution in [2.24, 2.45) is 4.99 Å². The minimum absolute atomic E-state index is 0. The van der Waals surface area contributed by atoms with E-state index in [0.29, 0.717) is 18.8 Å². The Morgan fingerprint density at radius 3 is 2.61 bits per heavy atom. The molecule has 0 aliphatic carbocycles. The maximum atomic E-state index is 12.0. The lowest BCUT2D eigenvalue weighted by Gasteiger charge is -2.26. The molecule has 1 amide bonds. The molecule has 0 aromatic carbocycles. The lowest BCUT2D eigenvalue weighted by atomic mass is 10.2. The number of aliphatic imine (C=N–C) groups is 1. The van der Waals surface area contributed by atoms with E-state index in [4.69, 9.17) is 9.15 Å². The van der Waals surface area contributed by atoms with Gasteiger partial charge >= 0.3 is 0 Å². The Labute approximate surface area is 184 Å². The van der Waals surface area contributed by atoms with Crippen LogP contribution in [0.5, 0.6) is 0 Å². The highest BCUT2D eigenvalue weighted by atomic mass is 127. The van der Waals surface area contributed by atoms with Crippen molar-refractivity contribution in [2.45, 2.75) is 26.7 Å². The van der Waals surface area contributed by atoms with E-state index in [1.54, 1.807) is 6.07 Å². The Kier molecular flexibility index (Phi) is 12.9. The summed E-state index contributed by atoms with van der Waals surface area (Å²) in [6.45, 7) is 11.6. The predicted molar refractivity (Wildman–Crippen MR) is 122 cm³/mol. The fourth-order valence-corrected chi connectivity index (χ4v) is 2.83. The van der Waals surface area contributed by atoms with Gasteiger partial charge in [0.1, 0.15) is 0 Å². The third kappa shape index (κ3) is 9.24. The number of aryl methyl sites for hydroxylation is 1. The molecule has 2 heterocycles. The average Bonchev–Trinajstić information content (AvgIpc) is 3.11. The zero-order valence-corrected chi connectivity index (χ0v) is 19.3. The van der Waals surface area contributed by atoms with Crippen LogP contribution in [0.15, 0.2) is 21.7 Å². The molecule has 1 fully saturated rings. The van der Waals surface area contributed by atoms with Crippen LogP contribution in [-0.4, -0.2) is 75.8 Å². The topological polar surface area (TPSA) is 91.1 Å². The molecule has 0 spiro atoms. The normalized spacial score (nSPS) is 15.0. The monoisotopic (exact) mass is 507 g/mol. The molecule has 0 bridgehead atoms. The zero-order chi connectivity index (χ0) is 19.3. The number of rotatable bonds is 10. The zero-order valence-electron chi connectivity index (χ0n) is 17.0. The Morgan fingerprint density at radius 1 is 1.18 bits per heavy atom. The molecule has 9 heteroatoms. The summed E-state index contributed by atoms with van der Waals surface area (Å²) in [4.78, 5) is 18.9. The van der Waals surface area contributed by atoms with E-state index < -0.39 is 0 Å². The standard InChI is InChI=1S/C19H33N5O3.HI/c1-3-20-19(23-9-5-10-24-11-14-26-15-12-24)22-8-4-7-21-18(25)17-16(2)6-13-27-17;/h6,13H,3-5,7-12,14-15H2,1-2H3,(H,21,25)(H2,20,22,23);1H. The van der Waals surface area contributed by atoms with E-state index in [0.717, 1.165) is 70.3 Å². The van der Waals surface area contributed by atoms with Crippen LogP contribution in [0.4, 0.5) is 0 Å². The number of carbonyl (C=O) groups is 1. The van der Waals surface area contributed by atoms with Gasteiger partial charge in [-0.1, -0.05) is 0 Å². The minimum atomic E-state index is -0.172. The number of hydrogen-bond donors (Lipinski definition) is 3. The van der Waals surface area contributed by atoms with Crippen LogP contribution >= 0.6 is 24.0 Å². The first-order valence-electron chi connectivity index (χ1n) is 9.85. The van der Waals surface area contributed by atoms with Gasteiger partial charge in [-0.2, -0.15) is 0 Å². The van der Waals surface area contributed by atoms with Crippen LogP contribution in [0.3, 0.4) is 0 Å². The highest BCUT2D eigenvalue weighted by molar-refractivity contribution is 14.0. The first-order valence-corrected chi connectivity index (χ1v) is 9.85. The van der Waals surface area contributed by atoms with Gasteiger partial charge in [0.05, 0.1) is 19.5 Å². The maximum Gasteiger partial charge on any atom is 0.287 e. The molecule has 1 aromatic rings. The molecule has 0 saturated carbocycles. The van der Waals surface area contributed by atoms with Crippen molar-refractivity contribution in [1.82, 2.24) is 20.9 Å². The van der Waals surface area contributed by atoms with Crippen LogP contribution in [0.1, 0.15) is 35.9 Å². The number of ether oxygens (including phenoxy) is 1. The molecule has 28 heavy (non-hydrogen) atoms. The quantitative estimate of drug-likeness (QED) is 0.193. The molecule has 1 aliphatic rings. The maximum absolute atomic E-state index is 12.0. The van der Waals surface area contributed by atoms with Gasteiger partial charge < -0.3 is 25.1 Å². The van der Waals surface area contributed by atoms with Crippen molar-refractivity contribution in [1.29, 1.82) is 0 Å². The Bertz CT molecular complexity index is 588. The van der Waals surface area contributed by atoms with Gasteiger partial charge in [0, 0.05) is 44.8 Å². The van der Waals surface area contributed by atoms with E-state index in [1.165, 1.54) is 6.26 Å². The van der Waals surface area contributed by atoms with Crippen molar-refractivity contribution in [3.05, 3.63) is 23.7 Å². The van der Waals surface area contributed by atoms with E-state index >= 15 is 0 Å². The summed E-state index contributed by atoms with van der Waals surface area (Å²) in [5, 5.41) is 9.48. The average molecular weight is 507 g/mol. The molecule has 1 aromatic heterocycles. The van der Waals surface area contributed by atoms with Crippen LogP contribution < -0.4 is 16.0 Å².